The van der Waals surface area contributed by atoms with E-state index in [0.29, 0.717) is 17.3 Å². The lowest BCUT2D eigenvalue weighted by Crippen LogP contribution is -2.06. The number of benzene rings is 2. The molecule has 0 saturated carbocycles. The molecule has 4 heteroatoms. The second-order valence-corrected chi connectivity index (χ2v) is 5.17. The number of halogens is 2. The number of hydrogen-bond acceptors (Lipinski definition) is 2. The fourth-order valence-corrected chi connectivity index (χ4v) is 2.09. The number of anilines is 1. The summed E-state index contributed by atoms with van der Waals surface area (Å²) < 4.78 is 19.3. The molecule has 2 rings (SSSR count). The molecule has 0 aliphatic heterocycles. The van der Waals surface area contributed by atoms with Gasteiger partial charge in [-0.25, -0.2) is 4.39 Å². The highest BCUT2D eigenvalue weighted by Gasteiger charge is 2.06. The highest BCUT2D eigenvalue weighted by Crippen LogP contribution is 2.25. The van der Waals surface area contributed by atoms with E-state index < -0.39 is 0 Å². The number of hydrogen-bond donors (Lipinski definition) is 1. The van der Waals surface area contributed by atoms with Crippen molar-refractivity contribution in [3.63, 3.8) is 0 Å². The van der Waals surface area contributed by atoms with Gasteiger partial charge in [-0.3, -0.25) is 0 Å². The zero-order valence-corrected chi connectivity index (χ0v) is 12.2. The molecule has 0 aromatic heterocycles. The number of ether oxygens (including phenoxy) is 1. The van der Waals surface area contributed by atoms with Crippen LogP contribution in [-0.2, 0) is 6.54 Å². The number of para-hydroxylation sites is 1. The fraction of sp³-hybridized carbons (Fsp3) is 0.250. The van der Waals surface area contributed by atoms with Crippen LogP contribution in [0.2, 0.25) is 5.02 Å². The molecule has 2 aromatic rings. The Kier molecular flexibility index (Phi) is 4.85. The lowest BCUT2D eigenvalue weighted by Gasteiger charge is -2.12. The minimum atomic E-state index is -0.355. The summed E-state index contributed by atoms with van der Waals surface area (Å²) in [5, 5.41) is 3.39. The van der Waals surface area contributed by atoms with E-state index in [1.54, 1.807) is 12.1 Å². The van der Waals surface area contributed by atoms with Crippen LogP contribution in [0, 0.1) is 5.82 Å². The van der Waals surface area contributed by atoms with Crippen molar-refractivity contribution in [2.45, 2.75) is 26.5 Å². The summed E-state index contributed by atoms with van der Waals surface area (Å²) >= 11 is 5.97. The molecule has 0 amide bonds. The van der Waals surface area contributed by atoms with Crippen molar-refractivity contribution < 1.29 is 9.13 Å². The molecule has 106 valence electrons. The van der Waals surface area contributed by atoms with Gasteiger partial charge in [0.15, 0.2) is 0 Å². The lowest BCUT2D eigenvalue weighted by atomic mass is 10.2. The Labute approximate surface area is 123 Å². The Morgan fingerprint density at radius 1 is 1.20 bits per heavy atom. The van der Waals surface area contributed by atoms with E-state index in [0.717, 1.165) is 11.3 Å². The highest BCUT2D eigenvalue weighted by atomic mass is 35.5. The van der Waals surface area contributed by atoms with Gasteiger partial charge in [0.25, 0.3) is 0 Å². The molecule has 2 aromatic carbocycles. The van der Waals surface area contributed by atoms with E-state index in [1.807, 2.05) is 38.1 Å². The largest absolute Gasteiger partial charge is 0.491 e. The second kappa shape index (κ2) is 6.62. The normalized spacial score (nSPS) is 10.7. The maximum Gasteiger partial charge on any atom is 0.147 e. The summed E-state index contributed by atoms with van der Waals surface area (Å²) in [6.45, 7) is 4.43. The fourth-order valence-electron chi connectivity index (χ4n) is 1.86. The van der Waals surface area contributed by atoms with Crippen LogP contribution in [0.1, 0.15) is 19.4 Å². The standard InChI is InChI=1S/C16H17ClFNO/c1-11(2)20-13-6-3-5-12(9-13)10-19-16-14(17)7-4-8-15(16)18/h3-9,11,19H,10H2,1-2H3. The van der Waals surface area contributed by atoms with Crippen LogP contribution in [0.3, 0.4) is 0 Å². The molecular formula is C16H17ClFNO. The molecular weight excluding hydrogens is 277 g/mol. The van der Waals surface area contributed by atoms with Crippen LogP contribution < -0.4 is 10.1 Å². The third-order valence-corrected chi connectivity index (χ3v) is 3.02. The molecule has 0 unspecified atom stereocenters. The summed E-state index contributed by atoms with van der Waals surface area (Å²) in [5.74, 6) is 0.450. The SMILES string of the molecule is CC(C)Oc1cccc(CNc2c(F)cccc2Cl)c1. The Bertz CT molecular complexity index is 566. The van der Waals surface area contributed by atoms with E-state index in [-0.39, 0.29) is 11.9 Å². The van der Waals surface area contributed by atoms with Gasteiger partial charge >= 0.3 is 0 Å². The minimum absolute atomic E-state index is 0.124. The highest BCUT2D eigenvalue weighted by molar-refractivity contribution is 6.33. The van der Waals surface area contributed by atoms with Crippen LogP contribution >= 0.6 is 11.6 Å². The van der Waals surface area contributed by atoms with Crippen molar-refractivity contribution in [1.29, 1.82) is 0 Å². The molecule has 20 heavy (non-hydrogen) atoms. The maximum absolute atomic E-state index is 13.6. The summed E-state index contributed by atoms with van der Waals surface area (Å²) in [4.78, 5) is 0. The Balaban J connectivity index is 2.07. The summed E-state index contributed by atoms with van der Waals surface area (Å²) in [6, 6.07) is 12.3. The van der Waals surface area contributed by atoms with Gasteiger partial charge in [0.1, 0.15) is 11.6 Å². The van der Waals surface area contributed by atoms with Gasteiger partial charge in [-0.2, -0.15) is 0 Å². The van der Waals surface area contributed by atoms with Gasteiger partial charge in [0, 0.05) is 6.54 Å². The van der Waals surface area contributed by atoms with Crippen molar-refractivity contribution >= 4 is 17.3 Å². The first kappa shape index (κ1) is 14.7. The van der Waals surface area contributed by atoms with Crippen molar-refractivity contribution in [2.75, 3.05) is 5.32 Å². The van der Waals surface area contributed by atoms with E-state index >= 15 is 0 Å². The van der Waals surface area contributed by atoms with Crippen LogP contribution in [0.25, 0.3) is 0 Å². The van der Waals surface area contributed by atoms with Crippen molar-refractivity contribution in [3.05, 3.63) is 58.9 Å². The molecule has 0 atom stereocenters. The van der Waals surface area contributed by atoms with Gasteiger partial charge in [-0.1, -0.05) is 29.8 Å². The van der Waals surface area contributed by atoms with E-state index in [1.165, 1.54) is 6.07 Å². The van der Waals surface area contributed by atoms with Crippen LogP contribution in [0.15, 0.2) is 42.5 Å². The average molecular weight is 294 g/mol. The quantitative estimate of drug-likeness (QED) is 0.848. The van der Waals surface area contributed by atoms with E-state index in [4.69, 9.17) is 16.3 Å². The van der Waals surface area contributed by atoms with E-state index in [2.05, 4.69) is 5.32 Å². The molecule has 0 heterocycles. The minimum Gasteiger partial charge on any atom is -0.491 e. The smallest absolute Gasteiger partial charge is 0.147 e. The zero-order chi connectivity index (χ0) is 14.5. The van der Waals surface area contributed by atoms with Crippen LogP contribution in [0.4, 0.5) is 10.1 Å². The first-order valence-electron chi connectivity index (χ1n) is 6.49. The molecule has 0 fully saturated rings. The van der Waals surface area contributed by atoms with Gasteiger partial charge in [-0.15, -0.1) is 0 Å². The summed E-state index contributed by atoms with van der Waals surface area (Å²) in [5.41, 5.74) is 1.33. The Morgan fingerprint density at radius 3 is 2.65 bits per heavy atom. The molecule has 0 spiro atoms. The predicted octanol–water partition coefficient (Wildman–Crippen LogP) is 4.88. The topological polar surface area (TPSA) is 21.3 Å². The number of nitrogens with one attached hydrogen (secondary N) is 1. The van der Waals surface area contributed by atoms with Crippen molar-refractivity contribution in [3.8, 4) is 5.75 Å². The zero-order valence-electron chi connectivity index (χ0n) is 11.5. The third-order valence-electron chi connectivity index (χ3n) is 2.70. The summed E-state index contributed by atoms with van der Waals surface area (Å²) in [6.07, 6.45) is 0.124. The van der Waals surface area contributed by atoms with E-state index in [9.17, 15) is 4.39 Å². The molecule has 2 nitrogen and oxygen atoms in total. The van der Waals surface area contributed by atoms with Gasteiger partial charge < -0.3 is 10.1 Å². The van der Waals surface area contributed by atoms with Crippen molar-refractivity contribution in [1.82, 2.24) is 0 Å². The van der Waals surface area contributed by atoms with Gasteiger partial charge in [0.2, 0.25) is 0 Å². The summed E-state index contributed by atoms with van der Waals surface area (Å²) in [7, 11) is 0. The average Bonchev–Trinajstić information content (AvgIpc) is 2.38. The second-order valence-electron chi connectivity index (χ2n) is 4.76. The monoisotopic (exact) mass is 293 g/mol. The van der Waals surface area contributed by atoms with Gasteiger partial charge in [0.05, 0.1) is 16.8 Å². The molecule has 0 saturated heterocycles. The first-order chi connectivity index (χ1) is 9.56. The Morgan fingerprint density at radius 2 is 1.95 bits per heavy atom. The molecule has 1 N–H and O–H groups in total. The molecule has 0 bridgehead atoms. The maximum atomic E-state index is 13.6. The first-order valence-corrected chi connectivity index (χ1v) is 6.87. The molecule has 0 radical (unpaired) electrons. The third kappa shape index (κ3) is 3.87. The molecule has 0 aliphatic carbocycles. The number of rotatable bonds is 5. The Hall–Kier alpha value is -1.74. The van der Waals surface area contributed by atoms with Crippen LogP contribution in [0.5, 0.6) is 5.75 Å². The van der Waals surface area contributed by atoms with Gasteiger partial charge in [-0.05, 0) is 43.7 Å². The van der Waals surface area contributed by atoms with Crippen LogP contribution in [-0.4, -0.2) is 6.10 Å². The predicted molar refractivity (Wildman–Crippen MR) is 80.9 cm³/mol. The lowest BCUT2D eigenvalue weighted by molar-refractivity contribution is 0.242. The molecule has 0 aliphatic rings. The van der Waals surface area contributed by atoms with Crippen molar-refractivity contribution in [2.24, 2.45) is 0 Å².